The number of hydrogen-bond acceptors (Lipinski definition) is 4. The smallest absolute Gasteiger partial charge is 0.416 e. The van der Waals surface area contributed by atoms with Gasteiger partial charge in [0, 0.05) is 17.2 Å². The van der Waals surface area contributed by atoms with Crippen molar-refractivity contribution in [2.45, 2.75) is 32.9 Å². The molecule has 0 amide bonds. The number of hydrogen-bond donors (Lipinski definition) is 0. The number of benzene rings is 2. The first-order valence-corrected chi connectivity index (χ1v) is 8.34. The van der Waals surface area contributed by atoms with Gasteiger partial charge in [-0.2, -0.15) is 13.2 Å². The summed E-state index contributed by atoms with van der Waals surface area (Å²) in [5.41, 5.74) is -0.655. The maximum atomic E-state index is 12.8. The number of rotatable bonds is 6. The number of nitro groups is 1. The van der Waals surface area contributed by atoms with Gasteiger partial charge in [-0.25, -0.2) is 0 Å². The summed E-state index contributed by atoms with van der Waals surface area (Å²) >= 11 is 5.93. The third-order valence-electron chi connectivity index (χ3n) is 4.00. The molecule has 0 unspecified atom stereocenters. The second kappa shape index (κ2) is 7.96. The molecule has 144 valence electrons. The number of ether oxygens (including phenoxy) is 1. The van der Waals surface area contributed by atoms with Gasteiger partial charge in [0.25, 0.3) is 5.69 Å². The van der Waals surface area contributed by atoms with Gasteiger partial charge in [-0.15, -0.1) is 0 Å². The van der Waals surface area contributed by atoms with Crippen molar-refractivity contribution >= 4 is 23.6 Å². The van der Waals surface area contributed by atoms with Gasteiger partial charge in [0.15, 0.2) is 6.29 Å². The van der Waals surface area contributed by atoms with Gasteiger partial charge in [-0.1, -0.05) is 25.4 Å². The summed E-state index contributed by atoms with van der Waals surface area (Å²) in [4.78, 5) is 22.0. The van der Waals surface area contributed by atoms with E-state index in [0.29, 0.717) is 23.8 Å². The van der Waals surface area contributed by atoms with Gasteiger partial charge < -0.3 is 4.74 Å². The van der Waals surface area contributed by atoms with E-state index in [-0.39, 0.29) is 34.2 Å². The molecule has 9 heteroatoms. The van der Waals surface area contributed by atoms with Gasteiger partial charge in [-0.05, 0) is 31.0 Å². The lowest BCUT2D eigenvalue weighted by Gasteiger charge is -2.17. The first-order chi connectivity index (χ1) is 12.6. The lowest BCUT2D eigenvalue weighted by atomic mass is 9.97. The standard InChI is InChI=1S/C18H15ClF3NO4/c1-3-10-7-15(23(25)26)13(9-24)12(4-2)17(10)27-16-6-5-11(8-14(16)19)18(20,21)22/h5-9H,3-4H2,1-2H3. The lowest BCUT2D eigenvalue weighted by molar-refractivity contribution is -0.385. The Morgan fingerprint density at radius 1 is 1.22 bits per heavy atom. The molecule has 0 spiro atoms. The molecule has 0 fully saturated rings. The molecular formula is C18H15ClF3NO4. The van der Waals surface area contributed by atoms with E-state index >= 15 is 0 Å². The number of carbonyl (C=O) groups excluding carboxylic acids is 1. The van der Waals surface area contributed by atoms with Gasteiger partial charge in [0.05, 0.1) is 21.1 Å². The number of halogens is 4. The predicted molar refractivity (Wildman–Crippen MR) is 93.8 cm³/mol. The van der Waals surface area contributed by atoms with Crippen LogP contribution >= 0.6 is 11.6 Å². The molecule has 0 bridgehead atoms. The highest BCUT2D eigenvalue weighted by Crippen LogP contribution is 2.41. The van der Waals surface area contributed by atoms with Crippen LogP contribution in [0.4, 0.5) is 18.9 Å². The molecule has 0 radical (unpaired) electrons. The first kappa shape index (κ1) is 20.7. The second-order valence-corrected chi connectivity index (χ2v) is 6.01. The molecule has 27 heavy (non-hydrogen) atoms. The highest BCUT2D eigenvalue weighted by Gasteiger charge is 2.31. The Labute approximate surface area is 157 Å². The highest BCUT2D eigenvalue weighted by atomic mass is 35.5. The van der Waals surface area contributed by atoms with E-state index in [1.807, 2.05) is 0 Å². The topological polar surface area (TPSA) is 69.4 Å². The maximum absolute atomic E-state index is 12.8. The van der Waals surface area contributed by atoms with E-state index in [2.05, 4.69) is 0 Å². The van der Waals surface area contributed by atoms with Crippen molar-refractivity contribution in [1.29, 1.82) is 0 Å². The minimum atomic E-state index is -4.55. The molecule has 2 rings (SSSR count). The average Bonchev–Trinajstić information content (AvgIpc) is 2.61. The van der Waals surface area contributed by atoms with Crippen LogP contribution in [-0.4, -0.2) is 11.2 Å². The van der Waals surface area contributed by atoms with Crippen LogP contribution in [0.3, 0.4) is 0 Å². The summed E-state index contributed by atoms with van der Waals surface area (Å²) < 4.78 is 44.1. The molecule has 0 atom stereocenters. The highest BCUT2D eigenvalue weighted by molar-refractivity contribution is 6.32. The van der Waals surface area contributed by atoms with E-state index in [9.17, 15) is 28.1 Å². The average molecular weight is 402 g/mol. The third kappa shape index (κ3) is 4.21. The van der Waals surface area contributed by atoms with Crippen LogP contribution in [0.25, 0.3) is 0 Å². The third-order valence-corrected chi connectivity index (χ3v) is 4.29. The quantitative estimate of drug-likeness (QED) is 0.338. The van der Waals surface area contributed by atoms with Crippen molar-refractivity contribution < 1.29 is 27.6 Å². The molecule has 0 saturated carbocycles. The minimum absolute atomic E-state index is 0.0419. The van der Waals surface area contributed by atoms with Crippen LogP contribution in [0, 0.1) is 10.1 Å². The number of nitrogens with zero attached hydrogens (tertiary/aromatic N) is 1. The Morgan fingerprint density at radius 3 is 2.33 bits per heavy atom. The van der Waals surface area contributed by atoms with Crippen molar-refractivity contribution in [2.75, 3.05) is 0 Å². The van der Waals surface area contributed by atoms with Crippen molar-refractivity contribution in [2.24, 2.45) is 0 Å². The molecule has 0 N–H and O–H groups in total. The molecule has 0 aliphatic carbocycles. The van der Waals surface area contributed by atoms with Crippen molar-refractivity contribution in [1.82, 2.24) is 0 Å². The summed E-state index contributed by atoms with van der Waals surface area (Å²) in [6, 6.07) is 3.87. The van der Waals surface area contributed by atoms with Crippen molar-refractivity contribution in [3.05, 3.63) is 61.7 Å². The van der Waals surface area contributed by atoms with E-state index < -0.39 is 16.7 Å². The van der Waals surface area contributed by atoms with Crippen molar-refractivity contribution in [3.8, 4) is 11.5 Å². The predicted octanol–water partition coefficient (Wildman–Crippen LogP) is 6.00. The van der Waals surface area contributed by atoms with Gasteiger partial charge in [0.1, 0.15) is 11.5 Å². The zero-order chi connectivity index (χ0) is 20.4. The Bertz CT molecular complexity index is 897. The fourth-order valence-electron chi connectivity index (χ4n) is 2.67. The molecule has 0 aliphatic heterocycles. The van der Waals surface area contributed by atoms with Crippen LogP contribution in [0.1, 0.15) is 40.9 Å². The number of aryl methyl sites for hydroxylation is 1. The van der Waals surface area contributed by atoms with E-state index in [4.69, 9.17) is 16.3 Å². The van der Waals surface area contributed by atoms with Gasteiger partial charge in [0.2, 0.25) is 0 Å². The number of carbonyl (C=O) groups is 1. The molecule has 0 aromatic heterocycles. The Balaban J connectivity index is 2.62. The van der Waals surface area contributed by atoms with Crippen LogP contribution in [0.5, 0.6) is 11.5 Å². The summed E-state index contributed by atoms with van der Waals surface area (Å²) in [7, 11) is 0. The van der Waals surface area contributed by atoms with Gasteiger partial charge in [-0.3, -0.25) is 14.9 Å². The Kier molecular flexibility index (Phi) is 6.10. The summed E-state index contributed by atoms with van der Waals surface area (Å²) in [6.45, 7) is 3.42. The molecule has 0 heterocycles. The largest absolute Gasteiger partial charge is 0.455 e. The van der Waals surface area contributed by atoms with Crippen LogP contribution in [-0.2, 0) is 19.0 Å². The zero-order valence-corrected chi connectivity index (χ0v) is 15.1. The molecule has 2 aromatic rings. The van der Waals surface area contributed by atoms with Crippen LogP contribution in [0.2, 0.25) is 5.02 Å². The molecule has 2 aromatic carbocycles. The summed E-state index contributed by atoms with van der Waals surface area (Å²) in [5, 5.41) is 11.0. The minimum Gasteiger partial charge on any atom is -0.455 e. The van der Waals surface area contributed by atoms with E-state index in [0.717, 1.165) is 18.2 Å². The summed E-state index contributed by atoms with van der Waals surface area (Å²) in [5.74, 6) is 0.147. The molecule has 0 aliphatic rings. The van der Waals surface area contributed by atoms with Crippen LogP contribution < -0.4 is 4.74 Å². The number of alkyl halides is 3. The zero-order valence-electron chi connectivity index (χ0n) is 14.4. The lowest BCUT2D eigenvalue weighted by Crippen LogP contribution is -2.06. The fourth-order valence-corrected chi connectivity index (χ4v) is 2.89. The molecule has 0 saturated heterocycles. The first-order valence-electron chi connectivity index (χ1n) is 7.96. The summed E-state index contributed by atoms with van der Waals surface area (Å²) in [6.07, 6.45) is -3.59. The maximum Gasteiger partial charge on any atom is 0.416 e. The SMILES string of the molecule is CCc1cc([N+](=O)[O-])c(C=O)c(CC)c1Oc1ccc(C(F)(F)F)cc1Cl. The monoisotopic (exact) mass is 401 g/mol. The fraction of sp³-hybridized carbons (Fsp3) is 0.278. The number of aldehydes is 1. The van der Waals surface area contributed by atoms with E-state index in [1.165, 1.54) is 6.07 Å². The second-order valence-electron chi connectivity index (χ2n) is 5.60. The normalized spacial score (nSPS) is 11.3. The van der Waals surface area contributed by atoms with E-state index in [1.54, 1.807) is 13.8 Å². The molecule has 5 nitrogen and oxygen atoms in total. The Morgan fingerprint density at radius 2 is 1.89 bits per heavy atom. The van der Waals surface area contributed by atoms with Crippen LogP contribution in [0.15, 0.2) is 24.3 Å². The Hall–Kier alpha value is -2.61. The molecular weight excluding hydrogens is 387 g/mol. The van der Waals surface area contributed by atoms with Crippen molar-refractivity contribution in [3.63, 3.8) is 0 Å². The van der Waals surface area contributed by atoms with Gasteiger partial charge >= 0.3 is 6.18 Å². The number of nitro benzene ring substituents is 1.